The molecule has 3 aliphatic rings. The average molecular weight is 179 g/mol. The minimum Gasteiger partial charge on any atom is -0.604 e. The second-order valence-electron chi connectivity index (χ2n) is 5.74. The smallest absolute Gasteiger partial charge is 0.120 e. The van der Waals surface area contributed by atoms with Crippen molar-refractivity contribution in [3.63, 3.8) is 0 Å². The summed E-state index contributed by atoms with van der Waals surface area (Å²) in [6.45, 7) is 0. The van der Waals surface area contributed by atoms with Crippen molar-refractivity contribution in [2.75, 3.05) is 0 Å². The Balaban J connectivity index is 1.89. The molecule has 2 aliphatic heterocycles. The second-order valence-corrected chi connectivity index (χ2v) is 5.74. The maximum Gasteiger partial charge on any atom is 0.120 e. The van der Waals surface area contributed by atoms with Gasteiger partial charge in [0.1, 0.15) is 6.35 Å². The predicted molar refractivity (Wildman–Crippen MR) is 56.2 cm³/mol. The van der Waals surface area contributed by atoms with Crippen LogP contribution in [0.15, 0.2) is 0 Å². The number of hydrogen-bond donors (Lipinski definition) is 1. The van der Waals surface area contributed by atoms with Gasteiger partial charge in [-0.2, -0.15) is 0 Å². The third kappa shape index (κ3) is 1.11. The van der Waals surface area contributed by atoms with Gasteiger partial charge >= 0.3 is 0 Å². The molecule has 2 heteroatoms. The lowest BCUT2D eigenvalue weighted by Crippen LogP contribution is -2.50. The Kier molecular flexibility index (Phi) is 1.77. The van der Waals surface area contributed by atoms with Gasteiger partial charge in [-0.3, -0.25) is 0 Å². The van der Waals surface area contributed by atoms with Crippen molar-refractivity contribution in [2.45, 2.75) is 68.8 Å². The zero-order chi connectivity index (χ0) is 8.89. The molecular formula is C11H20BO-. The molecule has 0 unspecified atom stereocenters. The molecule has 1 aliphatic carbocycles. The third-order valence-electron chi connectivity index (χ3n) is 5.19. The Morgan fingerprint density at radius 2 is 1.08 bits per heavy atom. The van der Waals surface area contributed by atoms with Crippen LogP contribution in [0.3, 0.4) is 0 Å². The second kappa shape index (κ2) is 2.76. The molecule has 74 valence electrons. The molecule has 1 saturated carbocycles. The zero-order valence-electron chi connectivity index (χ0n) is 8.41. The summed E-state index contributed by atoms with van der Waals surface area (Å²) in [5.41, 5.74) is 0. The lowest BCUT2D eigenvalue weighted by Gasteiger charge is -2.56. The first-order valence-corrected chi connectivity index (χ1v) is 6.21. The minimum absolute atomic E-state index is 0.736. The Morgan fingerprint density at radius 3 is 1.46 bits per heavy atom. The lowest BCUT2D eigenvalue weighted by molar-refractivity contribution is 0.345. The fourth-order valence-corrected chi connectivity index (χ4v) is 4.43. The van der Waals surface area contributed by atoms with Crippen molar-refractivity contribution in [3.8, 4) is 0 Å². The predicted octanol–water partition coefficient (Wildman–Crippen LogP) is 3.20. The highest BCUT2D eigenvalue weighted by Gasteiger charge is 2.50. The van der Waals surface area contributed by atoms with E-state index in [2.05, 4.69) is 0 Å². The first kappa shape index (κ1) is 8.34. The summed E-state index contributed by atoms with van der Waals surface area (Å²) in [4.78, 5) is 0. The molecule has 2 heterocycles. The van der Waals surface area contributed by atoms with Gasteiger partial charge in [-0.25, -0.2) is 0 Å². The molecular weight excluding hydrogens is 159 g/mol. The van der Waals surface area contributed by atoms with E-state index >= 15 is 0 Å². The monoisotopic (exact) mass is 179 g/mol. The van der Waals surface area contributed by atoms with E-state index < -0.39 is 6.35 Å². The first-order valence-electron chi connectivity index (χ1n) is 6.21. The van der Waals surface area contributed by atoms with Crippen LogP contribution in [0, 0.1) is 0 Å². The summed E-state index contributed by atoms with van der Waals surface area (Å²) in [6.07, 6.45) is 9.91. The van der Waals surface area contributed by atoms with E-state index in [1.54, 1.807) is 0 Å². The molecule has 0 radical (unpaired) electrons. The molecule has 2 bridgehead atoms. The molecule has 0 amide bonds. The fraction of sp³-hybridized carbons (Fsp3) is 1.00. The van der Waals surface area contributed by atoms with E-state index in [-0.39, 0.29) is 0 Å². The Bertz CT molecular complexity index is 190. The molecule has 1 nitrogen and oxygen atoms in total. The number of hydrogen-bond acceptors (Lipinski definition) is 1. The molecule has 0 aromatic heterocycles. The highest BCUT2D eigenvalue weighted by Crippen LogP contribution is 2.62. The van der Waals surface area contributed by atoms with Crippen LogP contribution in [0.5, 0.6) is 0 Å². The van der Waals surface area contributed by atoms with Crippen LogP contribution >= 0.6 is 0 Å². The quantitative estimate of drug-likeness (QED) is 0.612. The van der Waals surface area contributed by atoms with Gasteiger partial charge in [0.15, 0.2) is 0 Å². The molecule has 0 aromatic carbocycles. The SMILES string of the molecule is O[B-]1(C2CC2)C2CCCC1CCC2. The molecule has 1 N–H and O–H groups in total. The van der Waals surface area contributed by atoms with Gasteiger partial charge in [-0.15, -0.1) is 17.5 Å². The maximum atomic E-state index is 10.9. The third-order valence-corrected chi connectivity index (χ3v) is 5.19. The van der Waals surface area contributed by atoms with Crippen molar-refractivity contribution < 1.29 is 5.02 Å². The van der Waals surface area contributed by atoms with Crippen molar-refractivity contribution in [3.05, 3.63) is 0 Å². The molecule has 3 rings (SSSR count). The topological polar surface area (TPSA) is 20.2 Å². The molecule has 0 atom stereocenters. The minimum atomic E-state index is -0.896. The Labute approximate surface area is 80.9 Å². The van der Waals surface area contributed by atoms with E-state index in [9.17, 15) is 5.02 Å². The molecule has 0 aromatic rings. The summed E-state index contributed by atoms with van der Waals surface area (Å²) in [5, 5.41) is 10.9. The van der Waals surface area contributed by atoms with E-state index in [0.29, 0.717) is 0 Å². The van der Waals surface area contributed by atoms with E-state index in [1.165, 1.54) is 51.4 Å². The van der Waals surface area contributed by atoms with E-state index in [1.807, 2.05) is 0 Å². The summed E-state index contributed by atoms with van der Waals surface area (Å²) in [6, 6.07) is 0. The van der Waals surface area contributed by atoms with Gasteiger partial charge in [-0.1, -0.05) is 51.4 Å². The molecule has 0 spiro atoms. The van der Waals surface area contributed by atoms with Gasteiger partial charge < -0.3 is 5.02 Å². The van der Waals surface area contributed by atoms with Crippen molar-refractivity contribution in [2.24, 2.45) is 0 Å². The standard InChI is InChI=1S/C11H20BO/c13-12(11-7-8-11)9-3-1-4-10(12)6-2-5-9/h9-11,13H,1-8H2/q-1. The van der Waals surface area contributed by atoms with Crippen LogP contribution in [0.1, 0.15) is 51.4 Å². The van der Waals surface area contributed by atoms with Gasteiger partial charge in [0.2, 0.25) is 0 Å². The van der Waals surface area contributed by atoms with Gasteiger partial charge in [-0.05, 0) is 0 Å². The Hall–Kier alpha value is 0.0249. The van der Waals surface area contributed by atoms with Crippen LogP contribution in [0.2, 0.25) is 17.5 Å². The van der Waals surface area contributed by atoms with Crippen LogP contribution in [0.25, 0.3) is 0 Å². The van der Waals surface area contributed by atoms with Gasteiger partial charge in [0.25, 0.3) is 0 Å². The van der Waals surface area contributed by atoms with Crippen LogP contribution in [-0.2, 0) is 0 Å². The summed E-state index contributed by atoms with van der Waals surface area (Å²) < 4.78 is 0. The lowest BCUT2D eigenvalue weighted by atomic mass is 9.18. The molecule has 2 saturated heterocycles. The molecule has 3 fully saturated rings. The highest BCUT2D eigenvalue weighted by molar-refractivity contribution is 6.78. The highest BCUT2D eigenvalue weighted by atomic mass is 16.2. The largest absolute Gasteiger partial charge is 0.604 e. The molecule has 13 heavy (non-hydrogen) atoms. The van der Waals surface area contributed by atoms with Crippen LogP contribution in [0.4, 0.5) is 0 Å². The van der Waals surface area contributed by atoms with E-state index in [0.717, 1.165) is 17.5 Å². The van der Waals surface area contributed by atoms with Gasteiger partial charge in [0.05, 0.1) is 0 Å². The Morgan fingerprint density at radius 1 is 0.692 bits per heavy atom. The van der Waals surface area contributed by atoms with Crippen LogP contribution in [-0.4, -0.2) is 11.4 Å². The average Bonchev–Trinajstić information content (AvgIpc) is 2.84. The summed E-state index contributed by atoms with van der Waals surface area (Å²) in [5.74, 6) is 2.23. The number of rotatable bonds is 1. The van der Waals surface area contributed by atoms with E-state index in [4.69, 9.17) is 0 Å². The fourth-order valence-electron chi connectivity index (χ4n) is 4.43. The zero-order valence-corrected chi connectivity index (χ0v) is 8.41. The van der Waals surface area contributed by atoms with Crippen molar-refractivity contribution in [1.29, 1.82) is 0 Å². The summed E-state index contributed by atoms with van der Waals surface area (Å²) in [7, 11) is 0. The maximum absolute atomic E-state index is 10.9. The summed E-state index contributed by atoms with van der Waals surface area (Å²) >= 11 is 0. The van der Waals surface area contributed by atoms with Crippen LogP contribution < -0.4 is 0 Å². The van der Waals surface area contributed by atoms with Gasteiger partial charge in [0, 0.05) is 0 Å². The first-order chi connectivity index (χ1) is 6.32. The number of fused-ring (bicyclic) bond motifs is 2. The van der Waals surface area contributed by atoms with Crippen molar-refractivity contribution >= 4 is 6.35 Å². The van der Waals surface area contributed by atoms with Crippen molar-refractivity contribution in [1.82, 2.24) is 0 Å². The normalized spacial score (nSPS) is 50.5.